The fourth-order valence-electron chi connectivity index (χ4n) is 4.38. The fourth-order valence-corrected chi connectivity index (χ4v) is 4.54. The highest BCUT2D eigenvalue weighted by atomic mass is 35.5. The van der Waals surface area contributed by atoms with Crippen molar-refractivity contribution in [1.29, 1.82) is 0 Å². The Bertz CT molecular complexity index is 928. The molecule has 1 unspecified atom stereocenters. The average Bonchev–Trinajstić information content (AvgIpc) is 2.82. The van der Waals surface area contributed by atoms with E-state index in [9.17, 15) is 9.59 Å². The van der Waals surface area contributed by atoms with Crippen LogP contribution in [0.4, 0.5) is 10.5 Å². The summed E-state index contributed by atoms with van der Waals surface area (Å²) in [6.45, 7) is 14.5. The molecule has 2 heterocycles. The molecule has 2 aliphatic heterocycles. The molecule has 36 heavy (non-hydrogen) atoms. The first kappa shape index (κ1) is 28.1. The summed E-state index contributed by atoms with van der Waals surface area (Å²) in [6.07, 6.45) is 3.14. The van der Waals surface area contributed by atoms with Gasteiger partial charge >= 0.3 is 6.09 Å². The number of anilines is 1. The number of hydrogen-bond acceptors (Lipinski definition) is 7. The second kappa shape index (κ2) is 12.7. The molecule has 2 amide bonds. The van der Waals surface area contributed by atoms with E-state index in [1.54, 1.807) is 17.0 Å². The lowest BCUT2D eigenvalue weighted by atomic mass is 9.96. The van der Waals surface area contributed by atoms with Crippen LogP contribution in [0, 0.1) is 5.92 Å². The maximum atomic E-state index is 12.9. The van der Waals surface area contributed by atoms with E-state index >= 15 is 0 Å². The van der Waals surface area contributed by atoms with E-state index in [0.29, 0.717) is 54.2 Å². The first-order valence-electron chi connectivity index (χ1n) is 12.5. The van der Waals surface area contributed by atoms with Crippen LogP contribution >= 0.6 is 11.6 Å². The number of carbonyl (C=O) groups excluding carboxylic acids is 2. The second-order valence-corrected chi connectivity index (χ2v) is 10.7. The maximum Gasteiger partial charge on any atom is 0.410 e. The standard InChI is InChI=1S/C26H39ClN4O5/c1-5-11-35-23-14-22(28)21(27)13-20(23)24(32)29-15-19-17-30(10-12-34-19)16-18-6-8-31(9-7-18)25(33)36-26(2,3)4/h5,13-14,18-19H,1,6-12,15-17,28H2,2-4H3,(H,29,32). The summed E-state index contributed by atoms with van der Waals surface area (Å²) in [4.78, 5) is 29.4. The highest BCUT2D eigenvalue weighted by molar-refractivity contribution is 6.33. The normalized spacial score (nSPS) is 19.6. The predicted octanol–water partition coefficient (Wildman–Crippen LogP) is 3.56. The van der Waals surface area contributed by atoms with Gasteiger partial charge in [-0.05, 0) is 45.6 Å². The zero-order chi connectivity index (χ0) is 26.3. The van der Waals surface area contributed by atoms with Gasteiger partial charge in [-0.25, -0.2) is 4.79 Å². The number of hydrogen-bond donors (Lipinski definition) is 2. The molecule has 9 nitrogen and oxygen atoms in total. The van der Waals surface area contributed by atoms with Crippen molar-refractivity contribution in [3.05, 3.63) is 35.4 Å². The van der Waals surface area contributed by atoms with Gasteiger partial charge < -0.3 is 30.2 Å². The van der Waals surface area contributed by atoms with E-state index in [1.165, 1.54) is 6.07 Å². The van der Waals surface area contributed by atoms with Crippen molar-refractivity contribution >= 4 is 29.3 Å². The topological polar surface area (TPSA) is 106 Å². The molecule has 2 saturated heterocycles. The quantitative estimate of drug-likeness (QED) is 0.397. The lowest BCUT2D eigenvalue weighted by Gasteiger charge is -2.38. The molecule has 200 valence electrons. The van der Waals surface area contributed by atoms with E-state index < -0.39 is 5.60 Å². The number of nitrogen functional groups attached to an aromatic ring is 1. The number of morpholine rings is 1. The highest BCUT2D eigenvalue weighted by Crippen LogP contribution is 2.29. The Morgan fingerprint density at radius 1 is 1.28 bits per heavy atom. The molecule has 2 fully saturated rings. The van der Waals surface area contributed by atoms with Gasteiger partial charge in [0.2, 0.25) is 0 Å². The van der Waals surface area contributed by atoms with Gasteiger partial charge in [-0.15, -0.1) is 0 Å². The monoisotopic (exact) mass is 522 g/mol. The van der Waals surface area contributed by atoms with Crippen LogP contribution in [0.1, 0.15) is 44.0 Å². The third kappa shape index (κ3) is 8.28. The SMILES string of the molecule is C=CCOc1cc(N)c(Cl)cc1C(=O)NCC1CN(CC2CCN(C(=O)OC(C)(C)C)CC2)CCO1. The molecule has 0 saturated carbocycles. The van der Waals surface area contributed by atoms with Gasteiger partial charge in [0.25, 0.3) is 5.91 Å². The summed E-state index contributed by atoms with van der Waals surface area (Å²) in [5, 5.41) is 3.23. The van der Waals surface area contributed by atoms with Gasteiger partial charge in [-0.3, -0.25) is 9.69 Å². The molecule has 0 radical (unpaired) electrons. The molecule has 2 aliphatic rings. The van der Waals surface area contributed by atoms with E-state index in [2.05, 4.69) is 16.8 Å². The average molecular weight is 523 g/mol. The van der Waals surface area contributed by atoms with Gasteiger partial charge in [0.05, 0.1) is 29.0 Å². The number of amides is 2. The van der Waals surface area contributed by atoms with Gasteiger partial charge in [-0.1, -0.05) is 24.3 Å². The van der Waals surface area contributed by atoms with E-state index in [4.69, 9.17) is 31.5 Å². The van der Waals surface area contributed by atoms with Crippen molar-refractivity contribution in [1.82, 2.24) is 15.1 Å². The van der Waals surface area contributed by atoms with Crippen molar-refractivity contribution in [2.45, 2.75) is 45.3 Å². The largest absolute Gasteiger partial charge is 0.489 e. The van der Waals surface area contributed by atoms with Crippen LogP contribution in [-0.4, -0.2) is 86.0 Å². The number of nitrogens with one attached hydrogen (secondary N) is 1. The van der Waals surface area contributed by atoms with Crippen LogP contribution in [0.2, 0.25) is 5.02 Å². The minimum absolute atomic E-state index is 0.119. The first-order valence-corrected chi connectivity index (χ1v) is 12.9. The van der Waals surface area contributed by atoms with Crippen LogP contribution in [0.5, 0.6) is 5.75 Å². The molecule has 0 bridgehead atoms. The van der Waals surface area contributed by atoms with E-state index in [1.807, 2.05) is 20.8 Å². The number of nitrogens with zero attached hydrogens (tertiary/aromatic N) is 2. The summed E-state index contributed by atoms with van der Waals surface area (Å²) in [7, 11) is 0. The van der Waals surface area contributed by atoms with Crippen LogP contribution in [0.15, 0.2) is 24.8 Å². The number of likely N-dealkylation sites (tertiary alicyclic amines) is 1. The molecule has 1 atom stereocenters. The molecule has 1 aromatic carbocycles. The minimum Gasteiger partial charge on any atom is -0.489 e. The van der Waals surface area contributed by atoms with Crippen molar-refractivity contribution < 1.29 is 23.8 Å². The van der Waals surface area contributed by atoms with Crippen LogP contribution in [-0.2, 0) is 9.47 Å². The van der Waals surface area contributed by atoms with Crippen molar-refractivity contribution in [3.63, 3.8) is 0 Å². The Morgan fingerprint density at radius 3 is 2.67 bits per heavy atom. The summed E-state index contributed by atoms with van der Waals surface area (Å²) >= 11 is 6.14. The van der Waals surface area contributed by atoms with Crippen LogP contribution < -0.4 is 15.8 Å². The number of rotatable bonds is 8. The number of halogens is 1. The third-order valence-corrected chi connectivity index (χ3v) is 6.52. The second-order valence-electron chi connectivity index (χ2n) is 10.3. The number of carbonyl (C=O) groups is 2. The molecule has 3 N–H and O–H groups in total. The third-order valence-electron chi connectivity index (χ3n) is 6.20. The molecule has 0 aliphatic carbocycles. The summed E-state index contributed by atoms with van der Waals surface area (Å²) < 4.78 is 17.0. The molecule has 10 heteroatoms. The summed E-state index contributed by atoms with van der Waals surface area (Å²) in [5.41, 5.74) is 6.05. The molecular formula is C26H39ClN4O5. The van der Waals surface area contributed by atoms with Crippen molar-refractivity contribution in [2.75, 3.05) is 58.2 Å². The minimum atomic E-state index is -0.480. The highest BCUT2D eigenvalue weighted by Gasteiger charge is 2.29. The summed E-state index contributed by atoms with van der Waals surface area (Å²) in [5.74, 6) is 0.572. The molecule has 1 aromatic rings. The lowest BCUT2D eigenvalue weighted by molar-refractivity contribution is -0.0342. The van der Waals surface area contributed by atoms with Crippen molar-refractivity contribution in [3.8, 4) is 5.75 Å². The molecule has 0 aromatic heterocycles. The Kier molecular flexibility index (Phi) is 9.87. The fraction of sp³-hybridized carbons (Fsp3) is 0.615. The zero-order valence-corrected chi connectivity index (χ0v) is 22.3. The van der Waals surface area contributed by atoms with E-state index in [-0.39, 0.29) is 24.7 Å². The number of ether oxygens (including phenoxy) is 3. The first-order chi connectivity index (χ1) is 17.1. The predicted molar refractivity (Wildman–Crippen MR) is 141 cm³/mol. The van der Waals surface area contributed by atoms with Crippen LogP contribution in [0.3, 0.4) is 0 Å². The van der Waals surface area contributed by atoms with Gasteiger partial charge in [-0.2, -0.15) is 0 Å². The van der Waals surface area contributed by atoms with Crippen LogP contribution in [0.25, 0.3) is 0 Å². The van der Waals surface area contributed by atoms with Gasteiger partial charge in [0, 0.05) is 45.3 Å². The Labute approximate surface area is 218 Å². The van der Waals surface area contributed by atoms with E-state index in [0.717, 1.165) is 32.5 Å². The molecule has 3 rings (SSSR count). The number of benzene rings is 1. The molecule has 0 spiro atoms. The van der Waals surface area contributed by atoms with Gasteiger partial charge in [0.15, 0.2) is 0 Å². The number of nitrogens with two attached hydrogens (primary N) is 1. The zero-order valence-electron chi connectivity index (χ0n) is 21.6. The van der Waals surface area contributed by atoms with Crippen molar-refractivity contribution in [2.24, 2.45) is 5.92 Å². The lowest BCUT2D eigenvalue weighted by Crippen LogP contribution is -2.50. The van der Waals surface area contributed by atoms with Gasteiger partial charge in [0.1, 0.15) is 18.0 Å². The Hall–Kier alpha value is -2.49. The Morgan fingerprint density at radius 2 is 2.00 bits per heavy atom. The maximum absolute atomic E-state index is 12.9. The molecular weight excluding hydrogens is 484 g/mol. The Balaban J connectivity index is 1.46. The smallest absolute Gasteiger partial charge is 0.410 e. The summed E-state index contributed by atoms with van der Waals surface area (Å²) in [6, 6.07) is 3.07. The number of piperidine rings is 1.